The van der Waals surface area contributed by atoms with Crippen LogP contribution in [-0.4, -0.2) is 22.8 Å². The van der Waals surface area contributed by atoms with E-state index in [0.29, 0.717) is 17.1 Å². The van der Waals surface area contributed by atoms with Crippen LogP contribution in [-0.2, 0) is 4.79 Å². The Balaban J connectivity index is 2.16. The van der Waals surface area contributed by atoms with Crippen LogP contribution in [0.3, 0.4) is 0 Å². The molecule has 0 saturated heterocycles. The van der Waals surface area contributed by atoms with Crippen LogP contribution in [0.1, 0.15) is 43.4 Å². The van der Waals surface area contributed by atoms with Crippen LogP contribution in [0, 0.1) is 0 Å². The van der Waals surface area contributed by atoms with E-state index >= 15 is 0 Å². The average Bonchev–Trinajstić information content (AvgIpc) is 2.83. The van der Waals surface area contributed by atoms with Gasteiger partial charge in [0, 0.05) is 18.4 Å². The molecule has 0 aliphatic carbocycles. The van der Waals surface area contributed by atoms with Crippen LogP contribution in [0.25, 0.3) is 0 Å². The van der Waals surface area contributed by atoms with Crippen molar-refractivity contribution in [3.63, 3.8) is 0 Å². The standard InChI is InChI=1S/C16H19N3O3/c1-9(2)19-15-14(16(21)18-19)12(8-13(20)17-15)10-5-4-6-11(7-10)22-3/h4-7,9,12H,8H2,1-3H3,(H,17,20)(H,18,21)/t12-/m1/s1. The Bertz CT molecular complexity index is 773. The van der Waals surface area contributed by atoms with Crippen LogP contribution in [0.4, 0.5) is 5.82 Å². The minimum atomic E-state index is -0.261. The fourth-order valence-electron chi connectivity index (χ4n) is 2.91. The van der Waals surface area contributed by atoms with Gasteiger partial charge in [0.05, 0.1) is 12.7 Å². The van der Waals surface area contributed by atoms with Crippen molar-refractivity contribution in [2.75, 3.05) is 12.4 Å². The van der Waals surface area contributed by atoms with Gasteiger partial charge in [-0.1, -0.05) is 12.1 Å². The van der Waals surface area contributed by atoms with Crippen molar-refractivity contribution in [2.24, 2.45) is 0 Å². The highest BCUT2D eigenvalue weighted by molar-refractivity contribution is 5.94. The van der Waals surface area contributed by atoms with Gasteiger partial charge in [0.2, 0.25) is 5.91 Å². The van der Waals surface area contributed by atoms with Crippen LogP contribution in [0.15, 0.2) is 29.1 Å². The SMILES string of the molecule is COc1cccc([C@H]2CC(=O)Nc3c2c(=O)[nH]n3C(C)C)c1. The van der Waals surface area contributed by atoms with Crippen molar-refractivity contribution in [3.8, 4) is 5.75 Å². The van der Waals surface area contributed by atoms with Crippen molar-refractivity contribution >= 4 is 11.7 Å². The number of hydrogen-bond donors (Lipinski definition) is 2. The number of nitrogens with one attached hydrogen (secondary N) is 2. The van der Waals surface area contributed by atoms with E-state index in [1.54, 1.807) is 11.8 Å². The number of hydrogen-bond acceptors (Lipinski definition) is 3. The summed E-state index contributed by atoms with van der Waals surface area (Å²) in [4.78, 5) is 24.5. The molecule has 1 aliphatic heterocycles. The molecule has 2 heterocycles. The number of amides is 1. The summed E-state index contributed by atoms with van der Waals surface area (Å²) in [6.45, 7) is 3.91. The fraction of sp³-hybridized carbons (Fsp3) is 0.375. The maximum atomic E-state index is 12.4. The number of carbonyl (C=O) groups is 1. The van der Waals surface area contributed by atoms with Crippen molar-refractivity contribution in [1.82, 2.24) is 9.78 Å². The molecule has 0 saturated carbocycles. The molecule has 116 valence electrons. The Hall–Kier alpha value is -2.50. The van der Waals surface area contributed by atoms with Crippen LogP contribution < -0.4 is 15.6 Å². The second kappa shape index (κ2) is 5.36. The highest BCUT2D eigenvalue weighted by Gasteiger charge is 2.33. The number of aromatic amines is 1. The van der Waals surface area contributed by atoms with Crippen molar-refractivity contribution in [3.05, 3.63) is 45.7 Å². The largest absolute Gasteiger partial charge is 0.497 e. The molecule has 1 aliphatic rings. The van der Waals surface area contributed by atoms with Gasteiger partial charge in [0.1, 0.15) is 11.6 Å². The molecule has 0 radical (unpaired) electrons. The Morgan fingerprint density at radius 1 is 1.32 bits per heavy atom. The number of carbonyl (C=O) groups excluding carboxylic acids is 1. The van der Waals surface area contributed by atoms with Crippen LogP contribution >= 0.6 is 0 Å². The smallest absolute Gasteiger partial charge is 0.270 e. The number of benzene rings is 1. The van der Waals surface area contributed by atoms with Crippen molar-refractivity contribution < 1.29 is 9.53 Å². The second-order valence-electron chi connectivity index (χ2n) is 5.75. The molecule has 3 rings (SSSR count). The summed E-state index contributed by atoms with van der Waals surface area (Å²) in [7, 11) is 1.60. The molecule has 0 spiro atoms. The number of ether oxygens (including phenoxy) is 1. The molecule has 6 nitrogen and oxygen atoms in total. The molecule has 2 N–H and O–H groups in total. The van der Waals surface area contributed by atoms with E-state index in [1.165, 1.54) is 0 Å². The molecular weight excluding hydrogens is 282 g/mol. The van der Waals surface area contributed by atoms with Gasteiger partial charge >= 0.3 is 0 Å². The van der Waals surface area contributed by atoms with E-state index < -0.39 is 0 Å². The monoisotopic (exact) mass is 301 g/mol. The zero-order valence-corrected chi connectivity index (χ0v) is 12.8. The fourth-order valence-corrected chi connectivity index (χ4v) is 2.91. The number of nitrogens with zero attached hydrogens (tertiary/aromatic N) is 1. The molecule has 0 unspecified atom stereocenters. The Labute approximate surface area is 128 Å². The van der Waals surface area contributed by atoms with Gasteiger partial charge in [-0.3, -0.25) is 19.4 Å². The van der Waals surface area contributed by atoms with E-state index in [1.807, 2.05) is 38.1 Å². The van der Waals surface area contributed by atoms with Crippen LogP contribution in [0.2, 0.25) is 0 Å². The summed E-state index contributed by atoms with van der Waals surface area (Å²) < 4.78 is 6.95. The first-order valence-corrected chi connectivity index (χ1v) is 7.29. The molecule has 0 bridgehead atoms. The van der Waals surface area contributed by atoms with E-state index in [9.17, 15) is 9.59 Å². The number of anilines is 1. The maximum Gasteiger partial charge on any atom is 0.270 e. The third-order valence-corrected chi connectivity index (χ3v) is 3.97. The van der Waals surface area contributed by atoms with E-state index in [4.69, 9.17) is 4.74 Å². The van der Waals surface area contributed by atoms with E-state index in [-0.39, 0.29) is 29.8 Å². The van der Waals surface area contributed by atoms with Gasteiger partial charge in [0.25, 0.3) is 5.56 Å². The van der Waals surface area contributed by atoms with Gasteiger partial charge in [-0.2, -0.15) is 0 Å². The summed E-state index contributed by atoms with van der Waals surface area (Å²) >= 11 is 0. The maximum absolute atomic E-state index is 12.4. The summed E-state index contributed by atoms with van der Waals surface area (Å²) in [6, 6.07) is 7.56. The van der Waals surface area contributed by atoms with Gasteiger partial charge in [-0.15, -0.1) is 0 Å². The number of aromatic nitrogens is 2. The predicted octanol–water partition coefficient (Wildman–Crippen LogP) is 2.24. The number of rotatable bonds is 3. The molecule has 1 aromatic carbocycles. The number of fused-ring (bicyclic) bond motifs is 1. The van der Waals surface area contributed by atoms with Gasteiger partial charge in [0.15, 0.2) is 0 Å². The van der Waals surface area contributed by atoms with Crippen molar-refractivity contribution in [1.29, 1.82) is 0 Å². The molecule has 22 heavy (non-hydrogen) atoms. The molecule has 0 fully saturated rings. The van der Waals surface area contributed by atoms with E-state index in [0.717, 1.165) is 5.56 Å². The highest BCUT2D eigenvalue weighted by atomic mass is 16.5. The lowest BCUT2D eigenvalue weighted by molar-refractivity contribution is -0.116. The summed E-state index contributed by atoms with van der Waals surface area (Å²) in [5.41, 5.74) is 1.36. The summed E-state index contributed by atoms with van der Waals surface area (Å²) in [5.74, 6) is 0.935. The Morgan fingerprint density at radius 3 is 2.77 bits per heavy atom. The molecular formula is C16H19N3O3. The topological polar surface area (TPSA) is 76.1 Å². The normalized spacial score (nSPS) is 17.3. The third-order valence-electron chi connectivity index (χ3n) is 3.97. The Kier molecular flexibility index (Phi) is 3.52. The first-order valence-electron chi connectivity index (χ1n) is 7.29. The Morgan fingerprint density at radius 2 is 2.09 bits per heavy atom. The third kappa shape index (κ3) is 2.30. The quantitative estimate of drug-likeness (QED) is 0.913. The zero-order chi connectivity index (χ0) is 15.9. The van der Waals surface area contributed by atoms with Crippen molar-refractivity contribution in [2.45, 2.75) is 32.2 Å². The second-order valence-corrected chi connectivity index (χ2v) is 5.75. The molecule has 1 aromatic heterocycles. The van der Waals surface area contributed by atoms with Gasteiger partial charge in [-0.25, -0.2) is 0 Å². The number of methoxy groups -OCH3 is 1. The average molecular weight is 301 g/mol. The summed E-state index contributed by atoms with van der Waals surface area (Å²) in [6.07, 6.45) is 0.255. The number of H-pyrrole nitrogens is 1. The van der Waals surface area contributed by atoms with E-state index in [2.05, 4.69) is 10.4 Å². The lowest BCUT2D eigenvalue weighted by Crippen LogP contribution is -2.27. The zero-order valence-electron chi connectivity index (χ0n) is 12.8. The molecule has 2 aromatic rings. The lowest BCUT2D eigenvalue weighted by atomic mass is 9.87. The lowest BCUT2D eigenvalue weighted by Gasteiger charge is -2.24. The minimum Gasteiger partial charge on any atom is -0.497 e. The highest BCUT2D eigenvalue weighted by Crippen LogP contribution is 2.36. The predicted molar refractivity (Wildman–Crippen MR) is 83.5 cm³/mol. The summed E-state index contributed by atoms with van der Waals surface area (Å²) in [5, 5.41) is 5.64. The molecule has 6 heteroatoms. The first kappa shape index (κ1) is 14.4. The molecule has 1 amide bonds. The first-order chi connectivity index (χ1) is 10.5. The molecule has 1 atom stereocenters. The van der Waals surface area contributed by atoms with Gasteiger partial charge < -0.3 is 10.1 Å². The minimum absolute atomic E-state index is 0.0563. The van der Waals surface area contributed by atoms with Crippen LogP contribution in [0.5, 0.6) is 5.75 Å². The van der Waals surface area contributed by atoms with Gasteiger partial charge in [-0.05, 0) is 31.5 Å².